The van der Waals surface area contributed by atoms with Gasteiger partial charge >= 0.3 is 0 Å². The molecule has 190 valence electrons. The fourth-order valence-electron chi connectivity index (χ4n) is 7.44. The second-order valence-corrected chi connectivity index (χ2v) is 11.1. The molecular formula is C32H35N3O2. The summed E-state index contributed by atoms with van der Waals surface area (Å²) in [4.78, 5) is 29.7. The molecule has 5 heteroatoms. The van der Waals surface area contributed by atoms with Crippen LogP contribution in [0.5, 0.6) is 0 Å². The third kappa shape index (κ3) is 4.41. The summed E-state index contributed by atoms with van der Waals surface area (Å²) in [6, 6.07) is 31.0. The molecule has 0 radical (unpaired) electrons. The van der Waals surface area contributed by atoms with Crippen LogP contribution in [0.2, 0.25) is 0 Å². The fourth-order valence-corrected chi connectivity index (χ4v) is 7.44. The van der Waals surface area contributed by atoms with Crippen molar-refractivity contribution in [3.8, 4) is 0 Å². The lowest BCUT2D eigenvalue weighted by Crippen LogP contribution is -2.78. The lowest BCUT2D eigenvalue weighted by atomic mass is 9.55. The summed E-state index contributed by atoms with van der Waals surface area (Å²) in [7, 11) is 0. The molecule has 4 fully saturated rings. The number of benzene rings is 3. The Morgan fingerprint density at radius 3 is 2.11 bits per heavy atom. The van der Waals surface area contributed by atoms with Crippen molar-refractivity contribution in [3.05, 3.63) is 108 Å². The molecule has 3 aromatic rings. The van der Waals surface area contributed by atoms with Gasteiger partial charge in [0.25, 0.3) is 0 Å². The number of fused-ring (bicyclic) bond motifs is 1. The Labute approximate surface area is 219 Å². The molecule has 37 heavy (non-hydrogen) atoms. The van der Waals surface area contributed by atoms with Gasteiger partial charge in [0.05, 0.1) is 6.04 Å². The Hall–Kier alpha value is -3.28. The molecule has 1 saturated carbocycles. The van der Waals surface area contributed by atoms with Crippen LogP contribution in [0.3, 0.4) is 0 Å². The monoisotopic (exact) mass is 493 g/mol. The van der Waals surface area contributed by atoms with Crippen LogP contribution in [-0.2, 0) is 29.1 Å². The van der Waals surface area contributed by atoms with Gasteiger partial charge in [-0.2, -0.15) is 0 Å². The van der Waals surface area contributed by atoms with E-state index in [0.717, 1.165) is 31.5 Å². The van der Waals surface area contributed by atoms with Crippen molar-refractivity contribution >= 4 is 11.7 Å². The first kappa shape index (κ1) is 24.1. The first-order valence-corrected chi connectivity index (χ1v) is 13.5. The summed E-state index contributed by atoms with van der Waals surface area (Å²) < 4.78 is 0. The van der Waals surface area contributed by atoms with E-state index in [1.165, 1.54) is 11.1 Å². The van der Waals surface area contributed by atoms with Gasteiger partial charge in [-0.25, -0.2) is 0 Å². The van der Waals surface area contributed by atoms with Gasteiger partial charge in [-0.3, -0.25) is 19.8 Å². The van der Waals surface area contributed by atoms with Crippen molar-refractivity contribution in [1.29, 1.82) is 0 Å². The smallest absolute Gasteiger partial charge is 0.240 e. The molecule has 4 aliphatic rings. The van der Waals surface area contributed by atoms with Gasteiger partial charge < -0.3 is 5.32 Å². The maximum Gasteiger partial charge on any atom is 0.240 e. The number of hydrogen-bond acceptors (Lipinski definition) is 4. The van der Waals surface area contributed by atoms with Crippen LogP contribution in [-0.4, -0.2) is 40.8 Å². The Balaban J connectivity index is 1.37. The van der Waals surface area contributed by atoms with Gasteiger partial charge in [0, 0.05) is 37.5 Å². The maximum atomic E-state index is 14.2. The highest BCUT2D eigenvalue weighted by atomic mass is 16.2. The number of likely N-dealkylation sites (tertiary alicyclic amines) is 1. The highest BCUT2D eigenvalue weighted by Crippen LogP contribution is 2.55. The van der Waals surface area contributed by atoms with Crippen molar-refractivity contribution < 1.29 is 9.59 Å². The molecule has 0 spiro atoms. The minimum atomic E-state index is -0.781. The SMILES string of the molecule is CC(=O)C1NC2(C(=O)NCc3ccccc3)CC3CN(Cc4ccccc4)C(C31)C2Cc1ccccc1. The largest absolute Gasteiger partial charge is 0.350 e. The summed E-state index contributed by atoms with van der Waals surface area (Å²) in [5, 5.41) is 6.93. The normalized spacial score (nSPS) is 30.2. The van der Waals surface area contributed by atoms with Crippen LogP contribution in [0, 0.1) is 17.8 Å². The summed E-state index contributed by atoms with van der Waals surface area (Å²) in [6.07, 6.45) is 1.57. The highest BCUT2D eigenvalue weighted by molar-refractivity contribution is 5.91. The molecule has 3 aromatic carbocycles. The van der Waals surface area contributed by atoms with Crippen molar-refractivity contribution in [2.45, 2.75) is 50.5 Å². The van der Waals surface area contributed by atoms with E-state index in [2.05, 4.69) is 64.1 Å². The van der Waals surface area contributed by atoms with Gasteiger partial charge in [0.2, 0.25) is 5.91 Å². The fraction of sp³-hybridized carbons (Fsp3) is 0.375. The van der Waals surface area contributed by atoms with Gasteiger partial charge in [-0.15, -0.1) is 0 Å². The van der Waals surface area contributed by atoms with Crippen molar-refractivity contribution in [2.75, 3.05) is 6.54 Å². The number of ketones is 1. The zero-order valence-corrected chi connectivity index (χ0v) is 21.3. The Bertz CT molecular complexity index is 1250. The molecule has 1 aliphatic carbocycles. The van der Waals surface area contributed by atoms with E-state index >= 15 is 0 Å². The van der Waals surface area contributed by atoms with Crippen LogP contribution in [0.25, 0.3) is 0 Å². The Morgan fingerprint density at radius 1 is 0.892 bits per heavy atom. The van der Waals surface area contributed by atoms with Crippen LogP contribution in [0.4, 0.5) is 0 Å². The van der Waals surface area contributed by atoms with Crippen LogP contribution >= 0.6 is 0 Å². The second-order valence-electron chi connectivity index (χ2n) is 11.1. The Morgan fingerprint density at radius 2 is 1.49 bits per heavy atom. The van der Waals surface area contributed by atoms with Crippen LogP contribution in [0.1, 0.15) is 30.0 Å². The molecule has 6 unspecified atom stereocenters. The average molecular weight is 494 g/mol. The molecular weight excluding hydrogens is 458 g/mol. The number of nitrogens with zero attached hydrogens (tertiary/aromatic N) is 1. The number of nitrogens with one attached hydrogen (secondary N) is 2. The summed E-state index contributed by atoms with van der Waals surface area (Å²) >= 11 is 0. The number of rotatable bonds is 8. The van der Waals surface area contributed by atoms with E-state index < -0.39 is 5.54 Å². The first-order valence-electron chi connectivity index (χ1n) is 13.5. The molecule has 6 atom stereocenters. The topological polar surface area (TPSA) is 61.4 Å². The predicted octanol–water partition coefficient (Wildman–Crippen LogP) is 3.98. The minimum absolute atomic E-state index is 0.0262. The van der Waals surface area contributed by atoms with Crippen molar-refractivity contribution in [2.24, 2.45) is 17.8 Å². The van der Waals surface area contributed by atoms with E-state index in [-0.39, 0.29) is 35.6 Å². The Kier molecular flexibility index (Phi) is 6.43. The van der Waals surface area contributed by atoms with Crippen molar-refractivity contribution in [1.82, 2.24) is 15.5 Å². The van der Waals surface area contributed by atoms with Gasteiger partial charge in [-0.1, -0.05) is 91.0 Å². The van der Waals surface area contributed by atoms with E-state index in [4.69, 9.17) is 0 Å². The van der Waals surface area contributed by atoms with Gasteiger partial charge in [0.1, 0.15) is 11.3 Å². The maximum absolute atomic E-state index is 14.2. The molecule has 2 N–H and O–H groups in total. The molecule has 5 nitrogen and oxygen atoms in total. The summed E-state index contributed by atoms with van der Waals surface area (Å²) in [5.41, 5.74) is 2.81. The number of amides is 1. The number of carbonyl (C=O) groups is 2. The third-order valence-electron chi connectivity index (χ3n) is 8.92. The number of Topliss-reactive ketones (excluding diaryl/α,β-unsaturated/α-hetero) is 1. The standard InChI is InChI=1S/C32H35N3O2/c1-22(36)29-28-26-18-32(34-29,31(37)33-19-24-13-7-3-8-14-24)27(17-23-11-5-2-6-12-23)30(28)35(21-26)20-25-15-9-4-10-16-25/h2-16,26-30,34H,17-21H2,1H3,(H,33,37). The second kappa shape index (κ2) is 9.88. The van der Waals surface area contributed by atoms with Gasteiger partial charge in [0.15, 0.2) is 0 Å². The number of piperidine rings is 2. The van der Waals surface area contributed by atoms with Crippen molar-refractivity contribution in [3.63, 3.8) is 0 Å². The lowest BCUT2D eigenvalue weighted by molar-refractivity contribution is -0.146. The summed E-state index contributed by atoms with van der Waals surface area (Å²) in [5.74, 6) is 0.767. The van der Waals surface area contributed by atoms with E-state index in [1.807, 2.05) is 42.5 Å². The molecule has 3 saturated heterocycles. The highest BCUT2D eigenvalue weighted by Gasteiger charge is 2.68. The quantitative estimate of drug-likeness (QED) is 0.498. The van der Waals surface area contributed by atoms with Crippen LogP contribution in [0.15, 0.2) is 91.0 Å². The summed E-state index contributed by atoms with van der Waals surface area (Å²) in [6.45, 7) is 3.93. The molecule has 0 aromatic heterocycles. The number of carbonyl (C=O) groups excluding carboxylic acids is 2. The average Bonchev–Trinajstić information content (AvgIpc) is 3.23. The molecule has 3 aliphatic heterocycles. The molecule has 1 amide bonds. The van der Waals surface area contributed by atoms with E-state index in [0.29, 0.717) is 12.5 Å². The molecule has 3 heterocycles. The predicted molar refractivity (Wildman–Crippen MR) is 144 cm³/mol. The van der Waals surface area contributed by atoms with E-state index in [1.54, 1.807) is 6.92 Å². The van der Waals surface area contributed by atoms with E-state index in [9.17, 15) is 9.59 Å². The third-order valence-corrected chi connectivity index (χ3v) is 8.92. The van der Waals surface area contributed by atoms with Gasteiger partial charge in [-0.05, 0) is 42.4 Å². The number of hydrogen-bond donors (Lipinski definition) is 2. The zero-order valence-electron chi connectivity index (χ0n) is 21.3. The van der Waals surface area contributed by atoms with Crippen LogP contribution < -0.4 is 10.6 Å². The molecule has 4 bridgehead atoms. The molecule has 7 rings (SSSR count). The minimum Gasteiger partial charge on any atom is -0.350 e. The lowest BCUT2D eigenvalue weighted by Gasteiger charge is -2.59. The zero-order chi connectivity index (χ0) is 25.4. The first-order chi connectivity index (χ1) is 18.0.